The third-order valence-electron chi connectivity index (χ3n) is 5.13. The summed E-state index contributed by atoms with van der Waals surface area (Å²) >= 11 is 0. The molecule has 1 aliphatic heterocycles. The summed E-state index contributed by atoms with van der Waals surface area (Å²) in [6, 6.07) is 0. The fourth-order valence-corrected chi connectivity index (χ4v) is 3.70. The number of carbonyl (C=O) groups excluding carboxylic acids is 1. The van der Waals surface area contributed by atoms with E-state index in [1.165, 1.54) is 0 Å². The summed E-state index contributed by atoms with van der Waals surface area (Å²) in [6.07, 6.45) is 4.13. The average molecular weight is 354 g/mol. The third-order valence-corrected chi connectivity index (χ3v) is 5.13. The van der Waals surface area contributed by atoms with Gasteiger partial charge in [0, 0.05) is 46.8 Å². The molecule has 2 rings (SSSR count). The minimum Gasteiger partial charge on any atom is -0.379 e. The van der Waals surface area contributed by atoms with Crippen molar-refractivity contribution in [3.63, 3.8) is 0 Å². The van der Waals surface area contributed by atoms with Gasteiger partial charge in [0.15, 0.2) is 5.96 Å². The van der Waals surface area contributed by atoms with E-state index in [1.54, 1.807) is 4.90 Å². The first-order chi connectivity index (χ1) is 12.1. The monoisotopic (exact) mass is 353 g/mol. The highest BCUT2D eigenvalue weighted by Gasteiger charge is 2.42. The Kier molecular flexibility index (Phi) is 7.96. The largest absolute Gasteiger partial charge is 0.379 e. The van der Waals surface area contributed by atoms with Crippen LogP contribution in [-0.2, 0) is 9.53 Å². The zero-order valence-electron chi connectivity index (χ0n) is 16.1. The summed E-state index contributed by atoms with van der Waals surface area (Å²) in [6.45, 7) is 8.92. The molecule has 0 aromatic carbocycles. The van der Waals surface area contributed by atoms with E-state index < -0.39 is 0 Å². The number of amides is 1. The van der Waals surface area contributed by atoms with Gasteiger partial charge in [0.1, 0.15) is 0 Å². The zero-order chi connectivity index (χ0) is 18.1. The molecule has 25 heavy (non-hydrogen) atoms. The number of nitrogens with zero attached hydrogens (tertiary/aromatic N) is 3. The Morgan fingerprint density at radius 2 is 1.88 bits per heavy atom. The van der Waals surface area contributed by atoms with Gasteiger partial charge >= 0.3 is 0 Å². The number of guanidine groups is 1. The molecule has 1 amide bonds. The first-order valence-corrected chi connectivity index (χ1v) is 9.61. The SMILES string of the molecule is CCNC(=NCC1(C(=O)N(C)C)CCCC1)NCCN1CCOCC1. The molecule has 7 nitrogen and oxygen atoms in total. The van der Waals surface area contributed by atoms with E-state index in [4.69, 9.17) is 9.73 Å². The second-order valence-electron chi connectivity index (χ2n) is 7.26. The quantitative estimate of drug-likeness (QED) is 0.516. The van der Waals surface area contributed by atoms with Gasteiger partial charge in [-0.2, -0.15) is 0 Å². The first-order valence-electron chi connectivity index (χ1n) is 9.61. The molecule has 0 spiro atoms. The van der Waals surface area contributed by atoms with Crippen LogP contribution in [0.3, 0.4) is 0 Å². The van der Waals surface area contributed by atoms with Crippen LogP contribution in [0.25, 0.3) is 0 Å². The lowest BCUT2D eigenvalue weighted by atomic mass is 9.85. The van der Waals surface area contributed by atoms with Crippen LogP contribution in [-0.4, -0.2) is 88.2 Å². The smallest absolute Gasteiger partial charge is 0.230 e. The summed E-state index contributed by atoms with van der Waals surface area (Å²) in [4.78, 5) is 21.5. The van der Waals surface area contributed by atoms with Crippen molar-refractivity contribution in [2.75, 3.05) is 66.6 Å². The van der Waals surface area contributed by atoms with E-state index in [0.717, 1.165) is 77.6 Å². The molecular formula is C18H35N5O2. The molecule has 2 N–H and O–H groups in total. The summed E-state index contributed by atoms with van der Waals surface area (Å²) in [7, 11) is 3.69. The molecule has 144 valence electrons. The maximum absolute atomic E-state index is 12.7. The van der Waals surface area contributed by atoms with Gasteiger partial charge in [-0.3, -0.25) is 14.7 Å². The molecule has 2 fully saturated rings. The molecule has 1 saturated carbocycles. The summed E-state index contributed by atoms with van der Waals surface area (Å²) < 4.78 is 5.38. The number of nitrogens with one attached hydrogen (secondary N) is 2. The molecule has 0 bridgehead atoms. The lowest BCUT2D eigenvalue weighted by molar-refractivity contribution is -0.138. The summed E-state index contributed by atoms with van der Waals surface area (Å²) in [5.41, 5.74) is -0.309. The van der Waals surface area contributed by atoms with Crippen molar-refractivity contribution in [2.45, 2.75) is 32.6 Å². The second-order valence-corrected chi connectivity index (χ2v) is 7.26. The number of hydrogen-bond donors (Lipinski definition) is 2. The van der Waals surface area contributed by atoms with Gasteiger partial charge < -0.3 is 20.3 Å². The molecule has 7 heteroatoms. The number of carbonyl (C=O) groups is 1. The van der Waals surface area contributed by atoms with Crippen molar-refractivity contribution in [3.8, 4) is 0 Å². The average Bonchev–Trinajstić information content (AvgIpc) is 3.10. The van der Waals surface area contributed by atoms with Crippen molar-refractivity contribution < 1.29 is 9.53 Å². The molecule has 1 saturated heterocycles. The van der Waals surface area contributed by atoms with Crippen molar-refractivity contribution in [3.05, 3.63) is 0 Å². The lowest BCUT2D eigenvalue weighted by Crippen LogP contribution is -2.45. The molecule has 1 aliphatic carbocycles. The Balaban J connectivity index is 1.89. The van der Waals surface area contributed by atoms with Crippen LogP contribution in [0.15, 0.2) is 4.99 Å². The minimum atomic E-state index is -0.309. The highest BCUT2D eigenvalue weighted by Crippen LogP contribution is 2.39. The standard InChI is InChI=1S/C18H35N5O2/c1-4-19-17(20-9-10-23-11-13-25-14-12-23)21-15-18(7-5-6-8-18)16(24)22(2)3/h4-15H2,1-3H3,(H2,19,20,21). The Hall–Kier alpha value is -1.34. The molecule has 0 unspecified atom stereocenters. The fraction of sp³-hybridized carbons (Fsp3) is 0.889. The van der Waals surface area contributed by atoms with E-state index in [0.29, 0.717) is 6.54 Å². The maximum Gasteiger partial charge on any atom is 0.230 e. The molecule has 0 atom stereocenters. The molecule has 1 heterocycles. The van der Waals surface area contributed by atoms with Crippen molar-refractivity contribution in [2.24, 2.45) is 10.4 Å². The normalized spacial score (nSPS) is 21.2. The Morgan fingerprint density at radius 3 is 2.48 bits per heavy atom. The summed E-state index contributed by atoms with van der Waals surface area (Å²) in [5, 5.41) is 6.71. The lowest BCUT2D eigenvalue weighted by Gasteiger charge is -2.29. The van der Waals surface area contributed by atoms with Crippen LogP contribution < -0.4 is 10.6 Å². The van der Waals surface area contributed by atoms with E-state index in [-0.39, 0.29) is 11.3 Å². The van der Waals surface area contributed by atoms with Crippen LogP contribution in [0.4, 0.5) is 0 Å². The maximum atomic E-state index is 12.7. The van der Waals surface area contributed by atoms with Crippen molar-refractivity contribution in [1.29, 1.82) is 0 Å². The Morgan fingerprint density at radius 1 is 1.20 bits per heavy atom. The van der Waals surface area contributed by atoms with E-state index in [2.05, 4.69) is 22.5 Å². The number of aliphatic imine (C=N–C) groups is 1. The predicted molar refractivity (Wildman–Crippen MR) is 101 cm³/mol. The van der Waals surface area contributed by atoms with Gasteiger partial charge in [0.25, 0.3) is 0 Å². The van der Waals surface area contributed by atoms with E-state index in [9.17, 15) is 4.79 Å². The van der Waals surface area contributed by atoms with Gasteiger partial charge in [-0.25, -0.2) is 0 Å². The Bertz CT molecular complexity index is 441. The first kappa shape index (κ1) is 20.0. The summed E-state index contributed by atoms with van der Waals surface area (Å²) in [5.74, 6) is 1.03. The molecule has 0 aromatic rings. The van der Waals surface area contributed by atoms with E-state index >= 15 is 0 Å². The van der Waals surface area contributed by atoms with Gasteiger partial charge in [0.05, 0.1) is 25.2 Å². The zero-order valence-corrected chi connectivity index (χ0v) is 16.1. The van der Waals surface area contributed by atoms with Gasteiger partial charge in [-0.1, -0.05) is 12.8 Å². The van der Waals surface area contributed by atoms with Gasteiger partial charge in [0.2, 0.25) is 5.91 Å². The fourth-order valence-electron chi connectivity index (χ4n) is 3.70. The Labute approximate surface area is 152 Å². The predicted octanol–water partition coefficient (Wildman–Crippen LogP) is 0.522. The second kappa shape index (κ2) is 9.97. The third kappa shape index (κ3) is 5.85. The highest BCUT2D eigenvalue weighted by molar-refractivity contribution is 5.84. The van der Waals surface area contributed by atoms with Crippen molar-refractivity contribution in [1.82, 2.24) is 20.4 Å². The van der Waals surface area contributed by atoms with Crippen LogP contribution in [0.2, 0.25) is 0 Å². The molecule has 0 aromatic heterocycles. The topological polar surface area (TPSA) is 69.2 Å². The molecule has 2 aliphatic rings. The number of ether oxygens (including phenoxy) is 1. The van der Waals surface area contributed by atoms with E-state index in [1.807, 2.05) is 14.1 Å². The van der Waals surface area contributed by atoms with Crippen LogP contribution >= 0.6 is 0 Å². The van der Waals surface area contributed by atoms with Crippen molar-refractivity contribution >= 4 is 11.9 Å². The minimum absolute atomic E-state index is 0.220. The van der Waals surface area contributed by atoms with Crippen LogP contribution in [0.1, 0.15) is 32.6 Å². The number of rotatable bonds is 7. The van der Waals surface area contributed by atoms with Crippen LogP contribution in [0, 0.1) is 5.41 Å². The molecule has 0 radical (unpaired) electrons. The molecular weight excluding hydrogens is 318 g/mol. The van der Waals surface area contributed by atoms with Gasteiger partial charge in [-0.15, -0.1) is 0 Å². The number of hydrogen-bond acceptors (Lipinski definition) is 4. The number of morpholine rings is 1. The highest BCUT2D eigenvalue weighted by atomic mass is 16.5. The van der Waals surface area contributed by atoms with Crippen LogP contribution in [0.5, 0.6) is 0 Å². The van der Waals surface area contributed by atoms with Gasteiger partial charge in [-0.05, 0) is 19.8 Å².